The number of ketones is 1. The molecule has 1 amide bonds. The molecule has 154 valence electrons. The second kappa shape index (κ2) is 8.44. The molecule has 1 fully saturated rings. The van der Waals surface area contributed by atoms with Crippen LogP contribution >= 0.6 is 0 Å². The Labute approximate surface area is 167 Å². The van der Waals surface area contributed by atoms with Crippen molar-refractivity contribution in [1.82, 2.24) is 18.9 Å². The van der Waals surface area contributed by atoms with Gasteiger partial charge in [-0.15, -0.1) is 0 Å². The summed E-state index contributed by atoms with van der Waals surface area (Å²) >= 11 is 0. The number of hydrogen-bond acceptors (Lipinski definition) is 6. The first kappa shape index (κ1) is 20.5. The minimum Gasteiger partial charge on any atom is -0.384 e. The number of rotatable bonds is 5. The molecule has 2 N–H and O–H groups in total. The van der Waals surface area contributed by atoms with Crippen LogP contribution in [0.1, 0.15) is 22.8 Å². The average Bonchev–Trinajstić information content (AvgIpc) is 2.71. The zero-order valence-corrected chi connectivity index (χ0v) is 16.6. The number of benzene rings is 1. The van der Waals surface area contributed by atoms with Crippen molar-refractivity contribution in [3.05, 3.63) is 62.3 Å². The fourth-order valence-electron chi connectivity index (χ4n) is 3.47. The first-order chi connectivity index (χ1) is 13.8. The predicted molar refractivity (Wildman–Crippen MR) is 109 cm³/mol. The zero-order chi connectivity index (χ0) is 21.1. The van der Waals surface area contributed by atoms with E-state index in [2.05, 4.69) is 0 Å². The molecular formula is C20H25N5O4. The van der Waals surface area contributed by atoms with E-state index in [0.717, 1.165) is 10.1 Å². The summed E-state index contributed by atoms with van der Waals surface area (Å²) in [5, 5.41) is 0. The van der Waals surface area contributed by atoms with Crippen LogP contribution in [-0.4, -0.2) is 63.3 Å². The highest BCUT2D eigenvalue weighted by atomic mass is 16.2. The summed E-state index contributed by atoms with van der Waals surface area (Å²) < 4.78 is 2.16. The molecule has 9 nitrogen and oxygen atoms in total. The number of aromatic nitrogens is 2. The maximum Gasteiger partial charge on any atom is 0.332 e. The van der Waals surface area contributed by atoms with Gasteiger partial charge >= 0.3 is 5.69 Å². The molecule has 2 aromatic rings. The molecule has 0 radical (unpaired) electrons. The van der Waals surface area contributed by atoms with Gasteiger partial charge in [0.1, 0.15) is 11.4 Å². The molecular weight excluding hydrogens is 374 g/mol. The van der Waals surface area contributed by atoms with Gasteiger partial charge in [0.2, 0.25) is 5.91 Å². The predicted octanol–water partition coefficient (Wildman–Crippen LogP) is -0.476. The molecule has 0 atom stereocenters. The van der Waals surface area contributed by atoms with Crippen molar-refractivity contribution in [3.8, 4) is 0 Å². The second-order valence-electron chi connectivity index (χ2n) is 7.18. The van der Waals surface area contributed by atoms with Crippen LogP contribution in [0.2, 0.25) is 0 Å². The number of amides is 1. The van der Waals surface area contributed by atoms with E-state index in [4.69, 9.17) is 5.73 Å². The number of nitrogen functional groups attached to an aromatic ring is 1. The summed E-state index contributed by atoms with van der Waals surface area (Å²) in [6.07, 6.45) is 0. The van der Waals surface area contributed by atoms with Gasteiger partial charge in [0.15, 0.2) is 5.78 Å². The van der Waals surface area contributed by atoms with Gasteiger partial charge in [-0.25, -0.2) is 4.79 Å². The lowest BCUT2D eigenvalue weighted by Crippen LogP contribution is -2.50. The number of nitrogens with zero attached hydrogens (tertiary/aromatic N) is 4. The van der Waals surface area contributed by atoms with Crippen LogP contribution in [0.5, 0.6) is 0 Å². The Hall–Kier alpha value is -3.20. The molecule has 2 heterocycles. The van der Waals surface area contributed by atoms with E-state index in [-0.39, 0.29) is 30.4 Å². The van der Waals surface area contributed by atoms with Crippen LogP contribution in [0.15, 0.2) is 39.9 Å². The van der Waals surface area contributed by atoms with E-state index in [9.17, 15) is 19.2 Å². The quantitative estimate of drug-likeness (QED) is 0.680. The van der Waals surface area contributed by atoms with Crippen LogP contribution in [-0.2, 0) is 18.4 Å². The Balaban J connectivity index is 1.87. The van der Waals surface area contributed by atoms with Gasteiger partial charge in [-0.2, -0.15) is 0 Å². The normalized spacial score (nSPS) is 14.8. The van der Waals surface area contributed by atoms with Crippen LogP contribution in [0, 0.1) is 0 Å². The molecule has 0 aliphatic carbocycles. The lowest BCUT2D eigenvalue weighted by molar-refractivity contribution is -0.130. The minimum atomic E-state index is -0.691. The molecule has 1 aliphatic rings. The molecule has 9 heteroatoms. The maximum atomic E-state index is 12.9. The van der Waals surface area contributed by atoms with Crippen molar-refractivity contribution in [1.29, 1.82) is 0 Å². The number of anilines is 1. The molecule has 1 aliphatic heterocycles. The fourth-order valence-corrected chi connectivity index (χ4v) is 3.47. The number of nitrogens with two attached hydrogens (primary N) is 1. The van der Waals surface area contributed by atoms with Gasteiger partial charge < -0.3 is 10.6 Å². The van der Waals surface area contributed by atoms with Crippen molar-refractivity contribution in [3.63, 3.8) is 0 Å². The molecule has 29 heavy (non-hydrogen) atoms. The van der Waals surface area contributed by atoms with Crippen molar-refractivity contribution in [2.75, 3.05) is 38.5 Å². The summed E-state index contributed by atoms with van der Waals surface area (Å²) in [7, 11) is 1.34. The van der Waals surface area contributed by atoms with Gasteiger partial charge in [-0.3, -0.25) is 28.4 Å². The number of carbonyl (C=O) groups excluding carboxylic acids is 2. The van der Waals surface area contributed by atoms with Gasteiger partial charge in [0.25, 0.3) is 5.56 Å². The summed E-state index contributed by atoms with van der Waals surface area (Å²) in [5.41, 5.74) is 5.53. The highest BCUT2D eigenvalue weighted by Gasteiger charge is 2.25. The van der Waals surface area contributed by atoms with Crippen molar-refractivity contribution < 1.29 is 9.59 Å². The number of Topliss-reactive ketones (excluding diaryl/α,β-unsaturated/α-hetero) is 1. The van der Waals surface area contributed by atoms with Gasteiger partial charge in [-0.1, -0.05) is 30.3 Å². The number of carbonyl (C=O) groups is 2. The molecule has 0 unspecified atom stereocenters. The Bertz CT molecular complexity index is 1030. The lowest BCUT2D eigenvalue weighted by atomic mass is 10.1. The topological polar surface area (TPSA) is 111 Å². The largest absolute Gasteiger partial charge is 0.384 e. The monoisotopic (exact) mass is 399 g/mol. The summed E-state index contributed by atoms with van der Waals surface area (Å²) in [4.78, 5) is 53.1. The third-order valence-corrected chi connectivity index (χ3v) is 5.23. The van der Waals surface area contributed by atoms with Crippen LogP contribution < -0.4 is 17.0 Å². The smallest absolute Gasteiger partial charge is 0.332 e. The second-order valence-corrected chi connectivity index (χ2v) is 7.18. The average molecular weight is 399 g/mol. The van der Waals surface area contributed by atoms with E-state index >= 15 is 0 Å². The van der Waals surface area contributed by atoms with Gasteiger partial charge in [0.05, 0.1) is 13.1 Å². The lowest BCUT2D eigenvalue weighted by Gasteiger charge is -2.33. The third kappa shape index (κ3) is 4.29. The third-order valence-electron chi connectivity index (χ3n) is 5.23. The van der Waals surface area contributed by atoms with Crippen molar-refractivity contribution in [2.45, 2.75) is 13.5 Å². The Kier molecular flexibility index (Phi) is 5.97. The van der Waals surface area contributed by atoms with E-state index in [1.165, 1.54) is 18.5 Å². The standard InChI is InChI=1S/C20H25N5O4/c1-14(26)24-10-8-23(9-11-24)13-16(27)17-18(21)25(20(29)22(2)19(17)28)12-15-6-4-3-5-7-15/h3-7H,8-13,21H2,1-2H3. The van der Waals surface area contributed by atoms with Crippen LogP contribution in [0.3, 0.4) is 0 Å². The molecule has 1 aromatic carbocycles. The number of hydrogen-bond donors (Lipinski definition) is 1. The van der Waals surface area contributed by atoms with Crippen LogP contribution in [0.25, 0.3) is 0 Å². The Morgan fingerprint density at radius 2 is 1.66 bits per heavy atom. The zero-order valence-electron chi connectivity index (χ0n) is 16.6. The Morgan fingerprint density at radius 1 is 1.03 bits per heavy atom. The van der Waals surface area contributed by atoms with Gasteiger partial charge in [-0.05, 0) is 5.56 Å². The highest BCUT2D eigenvalue weighted by Crippen LogP contribution is 2.11. The van der Waals surface area contributed by atoms with E-state index in [1.807, 2.05) is 35.2 Å². The fraction of sp³-hybridized carbons (Fsp3) is 0.400. The molecule has 0 saturated carbocycles. The first-order valence-corrected chi connectivity index (χ1v) is 9.44. The first-order valence-electron chi connectivity index (χ1n) is 9.44. The summed E-state index contributed by atoms with van der Waals surface area (Å²) in [5.74, 6) is -0.544. The summed E-state index contributed by atoms with van der Waals surface area (Å²) in [6, 6.07) is 9.22. The van der Waals surface area contributed by atoms with E-state index in [0.29, 0.717) is 26.2 Å². The molecule has 0 bridgehead atoms. The molecule has 1 saturated heterocycles. The number of piperazine rings is 1. The van der Waals surface area contributed by atoms with E-state index < -0.39 is 17.0 Å². The van der Waals surface area contributed by atoms with Crippen molar-refractivity contribution in [2.24, 2.45) is 7.05 Å². The summed E-state index contributed by atoms with van der Waals surface area (Å²) in [6.45, 7) is 3.82. The van der Waals surface area contributed by atoms with Crippen LogP contribution in [0.4, 0.5) is 5.82 Å². The highest BCUT2D eigenvalue weighted by molar-refractivity contribution is 6.01. The van der Waals surface area contributed by atoms with E-state index in [1.54, 1.807) is 4.90 Å². The maximum absolute atomic E-state index is 12.9. The minimum absolute atomic E-state index is 0.00192. The van der Waals surface area contributed by atoms with Gasteiger partial charge in [0, 0.05) is 40.2 Å². The SMILES string of the molecule is CC(=O)N1CCN(CC(=O)c2c(N)n(Cc3ccccc3)c(=O)n(C)c2=O)CC1. The van der Waals surface area contributed by atoms with Crippen molar-refractivity contribution >= 4 is 17.5 Å². The Morgan fingerprint density at radius 3 is 2.24 bits per heavy atom. The molecule has 0 spiro atoms. The molecule has 1 aromatic heterocycles. The molecule has 3 rings (SSSR count).